The van der Waals surface area contributed by atoms with E-state index in [-0.39, 0.29) is 11.7 Å². The van der Waals surface area contributed by atoms with E-state index in [1.165, 1.54) is 36.2 Å². The monoisotopic (exact) mass is 434 g/mol. The number of hydrogen-bond donors (Lipinski definition) is 1. The van der Waals surface area contributed by atoms with E-state index in [4.69, 9.17) is 5.73 Å². The van der Waals surface area contributed by atoms with Crippen LogP contribution in [0.1, 0.15) is 60.3 Å². The highest BCUT2D eigenvalue weighted by Gasteiger charge is 2.36. The molecule has 162 valence electrons. The number of ketones is 1. The molecule has 1 aromatic heterocycles. The Morgan fingerprint density at radius 2 is 1.68 bits per heavy atom. The molecule has 1 saturated carbocycles. The van der Waals surface area contributed by atoms with Crippen molar-refractivity contribution in [1.29, 1.82) is 0 Å². The molecule has 1 fully saturated rings. The largest absolute Gasteiger partial charge is 0.369 e. The zero-order valence-corrected chi connectivity index (χ0v) is 18.7. The number of para-hydroxylation sites is 1. The van der Waals surface area contributed by atoms with Gasteiger partial charge in [0.15, 0.2) is 10.8 Å². The Morgan fingerprint density at radius 3 is 2.39 bits per heavy atom. The number of rotatable bonds is 9. The Bertz CT molecular complexity index is 991. The van der Waals surface area contributed by atoms with E-state index in [1.807, 2.05) is 42.5 Å². The first-order valence-electron chi connectivity index (χ1n) is 11.3. The number of primary amides is 1. The molecular formula is C26H30N2O2S. The molecule has 0 spiro atoms. The molecule has 4 nitrogen and oxygen atoms in total. The van der Waals surface area contributed by atoms with Crippen LogP contribution in [0.4, 0.5) is 0 Å². The summed E-state index contributed by atoms with van der Waals surface area (Å²) in [4.78, 5) is 30.8. The van der Waals surface area contributed by atoms with Crippen LogP contribution in [0.3, 0.4) is 0 Å². The first-order valence-corrected chi connectivity index (χ1v) is 12.2. The molecule has 4 rings (SSSR count). The lowest BCUT2D eigenvalue weighted by Crippen LogP contribution is -2.36. The molecule has 2 atom stereocenters. The van der Waals surface area contributed by atoms with Gasteiger partial charge in [0, 0.05) is 11.8 Å². The molecule has 2 aromatic carbocycles. The lowest BCUT2D eigenvalue weighted by Gasteiger charge is -2.29. The average Bonchev–Trinajstić information content (AvgIpc) is 3.24. The summed E-state index contributed by atoms with van der Waals surface area (Å²) in [5.41, 5.74) is 7.91. The van der Waals surface area contributed by atoms with Crippen molar-refractivity contribution in [2.24, 2.45) is 23.5 Å². The van der Waals surface area contributed by atoms with E-state index in [0.717, 1.165) is 29.5 Å². The van der Waals surface area contributed by atoms with Crippen molar-refractivity contribution in [3.8, 4) is 0 Å². The van der Waals surface area contributed by atoms with Crippen LogP contribution in [0.15, 0.2) is 54.6 Å². The summed E-state index contributed by atoms with van der Waals surface area (Å²) in [5, 5.41) is 0.495. The molecule has 1 aliphatic rings. The van der Waals surface area contributed by atoms with Gasteiger partial charge in [-0.05, 0) is 42.9 Å². The number of Topliss-reactive ketones (excluding diaryl/α,β-unsaturated/α-hetero) is 1. The number of carbonyl (C=O) groups excluding carboxylic acids is 2. The Morgan fingerprint density at radius 1 is 0.968 bits per heavy atom. The molecule has 1 aliphatic carbocycles. The van der Waals surface area contributed by atoms with E-state index in [9.17, 15) is 9.59 Å². The average molecular weight is 435 g/mol. The third-order valence-electron chi connectivity index (χ3n) is 6.59. The maximum absolute atomic E-state index is 13.7. The molecule has 2 N–H and O–H groups in total. The van der Waals surface area contributed by atoms with Crippen molar-refractivity contribution < 1.29 is 9.59 Å². The van der Waals surface area contributed by atoms with Crippen LogP contribution >= 0.6 is 11.3 Å². The predicted molar refractivity (Wildman–Crippen MR) is 126 cm³/mol. The fourth-order valence-corrected chi connectivity index (χ4v) is 5.85. The normalized spacial score (nSPS) is 16.8. The molecule has 0 aliphatic heterocycles. The van der Waals surface area contributed by atoms with Crippen molar-refractivity contribution in [2.75, 3.05) is 0 Å². The fraction of sp³-hybridized carbons (Fsp3) is 0.423. The number of hydrogen-bond acceptors (Lipinski definition) is 4. The third kappa shape index (κ3) is 5.40. The number of amides is 1. The minimum Gasteiger partial charge on any atom is -0.369 e. The van der Waals surface area contributed by atoms with Crippen molar-refractivity contribution in [3.05, 3.63) is 65.2 Å². The molecule has 1 amide bonds. The van der Waals surface area contributed by atoms with Crippen molar-refractivity contribution >= 4 is 33.2 Å². The van der Waals surface area contributed by atoms with Crippen molar-refractivity contribution in [2.45, 2.75) is 51.4 Å². The fourth-order valence-electron chi connectivity index (χ4n) is 4.88. The van der Waals surface area contributed by atoms with E-state index in [2.05, 4.69) is 17.1 Å². The molecule has 0 saturated heterocycles. The van der Waals surface area contributed by atoms with Gasteiger partial charge in [0.1, 0.15) is 0 Å². The second-order valence-corrected chi connectivity index (χ2v) is 9.76. The Hall–Kier alpha value is -2.53. The second-order valence-electron chi connectivity index (χ2n) is 8.73. The lowest BCUT2D eigenvalue weighted by molar-refractivity contribution is -0.123. The summed E-state index contributed by atoms with van der Waals surface area (Å²) < 4.78 is 0.996. The van der Waals surface area contributed by atoms with Crippen LogP contribution < -0.4 is 5.73 Å². The van der Waals surface area contributed by atoms with E-state index in [1.54, 1.807) is 0 Å². The van der Waals surface area contributed by atoms with E-state index < -0.39 is 11.8 Å². The first kappa shape index (κ1) is 21.7. The molecule has 0 bridgehead atoms. The topological polar surface area (TPSA) is 73.1 Å². The Balaban J connectivity index is 1.61. The van der Waals surface area contributed by atoms with Gasteiger partial charge in [-0.3, -0.25) is 9.59 Å². The molecular weight excluding hydrogens is 404 g/mol. The summed E-state index contributed by atoms with van der Waals surface area (Å²) in [6.07, 6.45) is 8.00. The second kappa shape index (κ2) is 10.2. The Labute approximate surface area is 187 Å². The number of nitrogens with zero attached hydrogens (tertiary/aromatic N) is 1. The van der Waals surface area contributed by atoms with Gasteiger partial charge in [-0.15, -0.1) is 11.3 Å². The maximum Gasteiger partial charge on any atom is 0.221 e. The highest BCUT2D eigenvalue weighted by Crippen LogP contribution is 2.35. The van der Waals surface area contributed by atoms with E-state index in [0.29, 0.717) is 23.8 Å². The van der Waals surface area contributed by atoms with Crippen molar-refractivity contribution in [1.82, 2.24) is 4.98 Å². The highest BCUT2D eigenvalue weighted by molar-refractivity contribution is 7.20. The Kier molecular flexibility index (Phi) is 7.13. The van der Waals surface area contributed by atoms with Crippen molar-refractivity contribution in [3.63, 3.8) is 0 Å². The van der Waals surface area contributed by atoms with Gasteiger partial charge in [0.2, 0.25) is 5.91 Å². The molecule has 1 heterocycles. The quantitative estimate of drug-likeness (QED) is 0.433. The summed E-state index contributed by atoms with van der Waals surface area (Å²) in [5.74, 6) is -0.769. The summed E-state index contributed by atoms with van der Waals surface area (Å²) in [6.45, 7) is 0. The van der Waals surface area contributed by atoms with Crippen LogP contribution in [0.25, 0.3) is 10.2 Å². The third-order valence-corrected chi connectivity index (χ3v) is 7.64. The number of carbonyl (C=O) groups is 2. The van der Waals surface area contributed by atoms with Crippen LogP contribution in [0.2, 0.25) is 0 Å². The number of aryl methyl sites for hydroxylation is 1. The van der Waals surface area contributed by atoms with Crippen LogP contribution in [0, 0.1) is 17.8 Å². The summed E-state index contributed by atoms with van der Waals surface area (Å²) in [6, 6.07) is 17.9. The van der Waals surface area contributed by atoms with Gasteiger partial charge < -0.3 is 5.73 Å². The van der Waals surface area contributed by atoms with Gasteiger partial charge in [0.25, 0.3) is 0 Å². The molecule has 3 aromatic rings. The molecule has 31 heavy (non-hydrogen) atoms. The van der Waals surface area contributed by atoms with Gasteiger partial charge in [-0.2, -0.15) is 0 Å². The van der Waals surface area contributed by atoms with Crippen LogP contribution in [0.5, 0.6) is 0 Å². The molecule has 0 radical (unpaired) electrons. The predicted octanol–water partition coefficient (Wildman–Crippen LogP) is 5.80. The number of thiazole rings is 1. The minimum atomic E-state index is -0.439. The molecule has 1 unspecified atom stereocenters. The number of aromatic nitrogens is 1. The number of fused-ring (bicyclic) bond motifs is 1. The summed E-state index contributed by atoms with van der Waals surface area (Å²) >= 11 is 1.42. The smallest absolute Gasteiger partial charge is 0.221 e. The maximum atomic E-state index is 13.7. The summed E-state index contributed by atoms with van der Waals surface area (Å²) in [7, 11) is 0. The number of benzene rings is 2. The minimum absolute atomic E-state index is 0.0308. The SMILES string of the molecule is NC(=O)C(CC1CCCCC1)[C@H](CCc1ccccc1)C(=O)c1nc2ccccc2s1. The van der Waals surface area contributed by atoms with Gasteiger partial charge in [-0.25, -0.2) is 4.98 Å². The van der Waals surface area contributed by atoms with Gasteiger partial charge in [-0.1, -0.05) is 74.6 Å². The van der Waals surface area contributed by atoms with Gasteiger partial charge >= 0.3 is 0 Å². The molecule has 5 heteroatoms. The van der Waals surface area contributed by atoms with Crippen LogP contribution in [-0.4, -0.2) is 16.7 Å². The van der Waals surface area contributed by atoms with Gasteiger partial charge in [0.05, 0.1) is 10.2 Å². The number of nitrogens with two attached hydrogens (primary N) is 1. The standard InChI is InChI=1S/C26H30N2O2S/c27-25(30)21(17-19-11-5-2-6-12-19)20(16-15-18-9-3-1-4-10-18)24(29)26-28-22-13-7-8-14-23(22)31-26/h1,3-4,7-10,13-14,19-21H,2,5-6,11-12,15-17H2,(H2,27,30)/t20-,21?/m0/s1. The zero-order chi connectivity index (χ0) is 21.6. The van der Waals surface area contributed by atoms with E-state index >= 15 is 0 Å². The first-order chi connectivity index (χ1) is 15.1. The lowest BCUT2D eigenvalue weighted by atomic mass is 9.75. The zero-order valence-electron chi connectivity index (χ0n) is 17.8. The van der Waals surface area contributed by atoms with Crippen LogP contribution in [-0.2, 0) is 11.2 Å². The highest BCUT2D eigenvalue weighted by atomic mass is 32.1.